The summed E-state index contributed by atoms with van der Waals surface area (Å²) in [4.78, 5) is 33.9. The van der Waals surface area contributed by atoms with Gasteiger partial charge in [-0.2, -0.15) is 0 Å². The van der Waals surface area contributed by atoms with Crippen molar-refractivity contribution in [3.05, 3.63) is 82.7 Å². The van der Waals surface area contributed by atoms with Gasteiger partial charge in [0.15, 0.2) is 5.65 Å². The molecule has 0 saturated carbocycles. The molecule has 0 bridgehead atoms. The maximum absolute atomic E-state index is 13.2. The zero-order chi connectivity index (χ0) is 22.9. The van der Waals surface area contributed by atoms with Crippen molar-refractivity contribution >= 4 is 22.8 Å². The van der Waals surface area contributed by atoms with Gasteiger partial charge in [-0.3, -0.25) is 14.3 Å². The Kier molecular flexibility index (Phi) is 5.42. The molecule has 8 heteroatoms. The number of aryl methyl sites for hydroxylation is 1. The molecule has 1 saturated heterocycles. The lowest BCUT2D eigenvalue weighted by molar-refractivity contribution is 0.0948. The standard InChI is InChI=1S/C25H24FN5O2/c1-30-22-12-19(14-27-23(22)29-25(30)33)17-3-2-4-18(11-17)24(32)28-13-16-9-10-31(15-16)21-7-5-20(26)6-8-21/h2-8,11-12,14,16H,9-10,13,15H2,1H3,(H,28,32)(H,27,29,33)/t16-/m0/s1. The third-order valence-corrected chi connectivity index (χ3v) is 6.25. The number of amides is 1. The van der Waals surface area contributed by atoms with Crippen molar-refractivity contribution in [3.8, 4) is 11.1 Å². The lowest BCUT2D eigenvalue weighted by Gasteiger charge is -2.19. The molecule has 0 radical (unpaired) electrons. The largest absolute Gasteiger partial charge is 0.371 e. The smallest absolute Gasteiger partial charge is 0.327 e. The molecular weight excluding hydrogens is 421 g/mol. The van der Waals surface area contributed by atoms with Crippen LogP contribution in [0.2, 0.25) is 0 Å². The van der Waals surface area contributed by atoms with Gasteiger partial charge in [-0.1, -0.05) is 12.1 Å². The zero-order valence-electron chi connectivity index (χ0n) is 18.2. The molecular formula is C25H24FN5O2. The van der Waals surface area contributed by atoms with Crippen LogP contribution >= 0.6 is 0 Å². The van der Waals surface area contributed by atoms with Gasteiger partial charge in [0.05, 0.1) is 5.52 Å². The Balaban J connectivity index is 1.25. The Labute approximate surface area is 189 Å². The number of aromatic amines is 1. The van der Waals surface area contributed by atoms with Crippen LogP contribution in [0.15, 0.2) is 65.6 Å². The van der Waals surface area contributed by atoms with Crippen LogP contribution < -0.4 is 15.9 Å². The van der Waals surface area contributed by atoms with E-state index in [4.69, 9.17) is 0 Å². The van der Waals surface area contributed by atoms with Gasteiger partial charge < -0.3 is 10.2 Å². The first-order valence-corrected chi connectivity index (χ1v) is 10.9. The predicted octanol–water partition coefficient (Wildman–Crippen LogP) is 3.32. The van der Waals surface area contributed by atoms with Crippen LogP contribution in [0.4, 0.5) is 10.1 Å². The summed E-state index contributed by atoms with van der Waals surface area (Å²) in [7, 11) is 1.69. The Morgan fingerprint density at radius 3 is 2.82 bits per heavy atom. The maximum atomic E-state index is 13.2. The molecule has 1 aliphatic heterocycles. The van der Waals surface area contributed by atoms with E-state index in [9.17, 15) is 14.0 Å². The second-order valence-electron chi connectivity index (χ2n) is 8.45. The molecule has 7 nitrogen and oxygen atoms in total. The fourth-order valence-electron chi connectivity index (χ4n) is 4.32. The minimum absolute atomic E-state index is 0.125. The fourth-order valence-corrected chi connectivity index (χ4v) is 4.32. The predicted molar refractivity (Wildman–Crippen MR) is 126 cm³/mol. The van der Waals surface area contributed by atoms with Gasteiger partial charge in [-0.05, 0) is 60.4 Å². The van der Waals surface area contributed by atoms with Gasteiger partial charge in [-0.25, -0.2) is 14.2 Å². The molecule has 0 aliphatic carbocycles. The normalized spacial score (nSPS) is 15.8. The van der Waals surface area contributed by atoms with Crippen molar-refractivity contribution in [2.24, 2.45) is 13.0 Å². The topological polar surface area (TPSA) is 83.0 Å². The summed E-state index contributed by atoms with van der Waals surface area (Å²) in [5.41, 5.74) is 4.29. The number of hydrogen-bond acceptors (Lipinski definition) is 4. The monoisotopic (exact) mass is 445 g/mol. The van der Waals surface area contributed by atoms with Crippen molar-refractivity contribution in [1.82, 2.24) is 19.9 Å². The van der Waals surface area contributed by atoms with Crippen molar-refractivity contribution in [2.45, 2.75) is 6.42 Å². The molecule has 0 spiro atoms. The highest BCUT2D eigenvalue weighted by atomic mass is 19.1. The first-order valence-electron chi connectivity index (χ1n) is 10.9. The average Bonchev–Trinajstić information content (AvgIpc) is 3.42. The number of fused-ring (bicyclic) bond motifs is 1. The van der Waals surface area contributed by atoms with Gasteiger partial charge in [0.25, 0.3) is 5.91 Å². The Bertz CT molecular complexity index is 1380. The number of hydrogen-bond donors (Lipinski definition) is 2. The number of nitrogens with zero attached hydrogens (tertiary/aromatic N) is 3. The van der Waals surface area contributed by atoms with Crippen LogP contribution in [0.25, 0.3) is 22.3 Å². The Hall–Kier alpha value is -3.94. The number of carbonyl (C=O) groups excluding carboxylic acids is 1. The molecule has 1 aliphatic rings. The molecule has 5 rings (SSSR count). The van der Waals surface area contributed by atoms with E-state index in [-0.39, 0.29) is 17.4 Å². The molecule has 4 aromatic rings. The number of halogens is 1. The maximum Gasteiger partial charge on any atom is 0.327 e. The number of rotatable bonds is 5. The van der Waals surface area contributed by atoms with Crippen LogP contribution in [0.1, 0.15) is 16.8 Å². The number of H-pyrrole nitrogens is 1. The minimum Gasteiger partial charge on any atom is -0.371 e. The van der Waals surface area contributed by atoms with Gasteiger partial charge in [0, 0.05) is 49.7 Å². The van der Waals surface area contributed by atoms with E-state index in [0.29, 0.717) is 29.2 Å². The summed E-state index contributed by atoms with van der Waals surface area (Å²) in [5, 5.41) is 3.05. The number of nitrogens with one attached hydrogen (secondary N) is 2. The second kappa shape index (κ2) is 8.54. The number of carbonyl (C=O) groups is 1. The van der Waals surface area contributed by atoms with E-state index in [1.165, 1.54) is 16.7 Å². The SMILES string of the molecule is Cn1c(=O)[nH]c2ncc(-c3cccc(C(=O)NC[C@@H]4CCN(c5ccc(F)cc5)C4)c3)cc21. The van der Waals surface area contributed by atoms with Crippen molar-refractivity contribution in [1.29, 1.82) is 0 Å². The van der Waals surface area contributed by atoms with Crippen molar-refractivity contribution in [2.75, 3.05) is 24.5 Å². The van der Waals surface area contributed by atoms with Gasteiger partial charge in [-0.15, -0.1) is 0 Å². The number of benzene rings is 2. The Morgan fingerprint density at radius 2 is 2.00 bits per heavy atom. The lowest BCUT2D eigenvalue weighted by atomic mass is 10.0. The molecule has 1 atom stereocenters. The molecule has 3 heterocycles. The molecule has 2 aromatic heterocycles. The molecule has 1 amide bonds. The first kappa shape index (κ1) is 20.9. The van der Waals surface area contributed by atoms with Crippen LogP contribution in [-0.2, 0) is 7.05 Å². The molecule has 2 N–H and O–H groups in total. The summed E-state index contributed by atoms with van der Waals surface area (Å²) in [5.74, 6) is -0.0272. The van der Waals surface area contributed by atoms with Crippen LogP contribution in [0.3, 0.4) is 0 Å². The van der Waals surface area contributed by atoms with E-state index >= 15 is 0 Å². The van der Waals surface area contributed by atoms with Gasteiger partial charge >= 0.3 is 5.69 Å². The summed E-state index contributed by atoms with van der Waals surface area (Å²) < 4.78 is 14.7. The molecule has 0 unspecified atom stereocenters. The van der Waals surface area contributed by atoms with E-state index in [2.05, 4.69) is 20.2 Å². The quantitative estimate of drug-likeness (QED) is 0.494. The number of imidazole rings is 1. The molecule has 1 fully saturated rings. The number of anilines is 1. The van der Waals surface area contributed by atoms with E-state index in [1.54, 1.807) is 31.4 Å². The van der Waals surface area contributed by atoms with E-state index in [0.717, 1.165) is 36.3 Å². The molecule has 168 valence electrons. The molecule has 33 heavy (non-hydrogen) atoms. The van der Waals surface area contributed by atoms with E-state index in [1.807, 2.05) is 24.3 Å². The van der Waals surface area contributed by atoms with Gasteiger partial charge in [0.2, 0.25) is 0 Å². The van der Waals surface area contributed by atoms with E-state index < -0.39 is 0 Å². The molecule has 2 aromatic carbocycles. The Morgan fingerprint density at radius 1 is 1.18 bits per heavy atom. The van der Waals surface area contributed by atoms with Crippen LogP contribution in [0, 0.1) is 11.7 Å². The summed E-state index contributed by atoms with van der Waals surface area (Å²) >= 11 is 0. The van der Waals surface area contributed by atoms with Crippen molar-refractivity contribution in [3.63, 3.8) is 0 Å². The third kappa shape index (κ3) is 4.24. The van der Waals surface area contributed by atoms with Crippen LogP contribution in [0.5, 0.6) is 0 Å². The summed E-state index contributed by atoms with van der Waals surface area (Å²) in [6, 6.07) is 15.8. The summed E-state index contributed by atoms with van der Waals surface area (Å²) in [6.45, 7) is 2.30. The first-order chi connectivity index (χ1) is 16.0. The van der Waals surface area contributed by atoms with Gasteiger partial charge in [0.1, 0.15) is 5.82 Å². The highest BCUT2D eigenvalue weighted by Crippen LogP contribution is 2.25. The number of aromatic nitrogens is 3. The number of pyridine rings is 1. The lowest BCUT2D eigenvalue weighted by Crippen LogP contribution is -2.31. The zero-order valence-corrected chi connectivity index (χ0v) is 18.2. The average molecular weight is 445 g/mol. The minimum atomic E-state index is -0.239. The second-order valence-corrected chi connectivity index (χ2v) is 8.45. The van der Waals surface area contributed by atoms with Crippen LogP contribution in [-0.4, -0.2) is 40.1 Å². The highest BCUT2D eigenvalue weighted by molar-refractivity contribution is 5.95. The fraction of sp³-hybridized carbons (Fsp3) is 0.240. The third-order valence-electron chi connectivity index (χ3n) is 6.25. The summed E-state index contributed by atoms with van der Waals surface area (Å²) in [6.07, 6.45) is 2.66. The highest BCUT2D eigenvalue weighted by Gasteiger charge is 2.23. The van der Waals surface area contributed by atoms with Crippen molar-refractivity contribution < 1.29 is 9.18 Å².